The zero-order valence-electron chi connectivity index (χ0n) is 13.3. The highest BCUT2D eigenvalue weighted by Crippen LogP contribution is 2.06. The van der Waals surface area contributed by atoms with E-state index >= 15 is 0 Å². The minimum Gasteiger partial charge on any atom is -0.357 e. The number of aromatic amines is 1. The van der Waals surface area contributed by atoms with Gasteiger partial charge in [-0.1, -0.05) is 29.8 Å². The summed E-state index contributed by atoms with van der Waals surface area (Å²) in [5, 5.41) is 10.2. The molecule has 0 radical (unpaired) electrons. The molecule has 1 aromatic carbocycles. The Kier molecular flexibility index (Phi) is 7.94. The van der Waals surface area contributed by atoms with Crippen molar-refractivity contribution < 1.29 is 0 Å². The Morgan fingerprint density at radius 2 is 2.00 bits per heavy atom. The van der Waals surface area contributed by atoms with Gasteiger partial charge in [0.25, 0.3) is 0 Å². The van der Waals surface area contributed by atoms with E-state index in [0.29, 0.717) is 6.54 Å². The fourth-order valence-corrected chi connectivity index (χ4v) is 2.04. The number of nitrogens with zero attached hydrogens (tertiary/aromatic N) is 3. The summed E-state index contributed by atoms with van der Waals surface area (Å²) in [6, 6.07) is 10.5. The number of aryl methyl sites for hydroxylation is 1. The molecule has 0 unspecified atom stereocenters. The van der Waals surface area contributed by atoms with Gasteiger partial charge < -0.3 is 10.2 Å². The molecule has 120 valence electrons. The van der Waals surface area contributed by atoms with Gasteiger partial charge in [-0.2, -0.15) is 5.10 Å². The molecule has 0 aliphatic rings. The van der Waals surface area contributed by atoms with Crippen LogP contribution in [-0.4, -0.2) is 34.6 Å². The molecule has 0 bridgehead atoms. The lowest BCUT2D eigenvalue weighted by atomic mass is 10.1. The van der Waals surface area contributed by atoms with Gasteiger partial charge >= 0.3 is 0 Å². The maximum Gasteiger partial charge on any atom is 0.194 e. The molecule has 0 amide bonds. The molecule has 2 N–H and O–H groups in total. The van der Waals surface area contributed by atoms with Crippen LogP contribution in [0.3, 0.4) is 0 Å². The number of halogens is 1. The van der Waals surface area contributed by atoms with Gasteiger partial charge in [-0.25, -0.2) is 4.99 Å². The fraction of sp³-hybridized carbons (Fsp3) is 0.375. The molecule has 22 heavy (non-hydrogen) atoms. The van der Waals surface area contributed by atoms with Gasteiger partial charge in [-0.3, -0.25) is 5.10 Å². The Morgan fingerprint density at radius 3 is 2.59 bits per heavy atom. The van der Waals surface area contributed by atoms with Gasteiger partial charge in [0.2, 0.25) is 0 Å². The van der Waals surface area contributed by atoms with Crippen molar-refractivity contribution in [3.05, 3.63) is 53.3 Å². The SMILES string of the molecule is CCNC(=NCc1ccn[nH]1)N(C)Cc1ccc(C)cc1.I. The van der Waals surface area contributed by atoms with Crippen LogP contribution in [0.5, 0.6) is 0 Å². The van der Waals surface area contributed by atoms with E-state index in [1.165, 1.54) is 11.1 Å². The highest BCUT2D eigenvalue weighted by Gasteiger charge is 2.06. The summed E-state index contributed by atoms with van der Waals surface area (Å²) in [7, 11) is 2.05. The van der Waals surface area contributed by atoms with Crippen molar-refractivity contribution in [3.8, 4) is 0 Å². The van der Waals surface area contributed by atoms with Gasteiger partial charge in [0, 0.05) is 26.3 Å². The Morgan fingerprint density at radius 1 is 1.27 bits per heavy atom. The topological polar surface area (TPSA) is 56.3 Å². The summed E-state index contributed by atoms with van der Waals surface area (Å²) in [5.74, 6) is 0.896. The zero-order chi connectivity index (χ0) is 15.1. The predicted octanol–water partition coefficient (Wildman–Crippen LogP) is 2.93. The van der Waals surface area contributed by atoms with E-state index < -0.39 is 0 Å². The van der Waals surface area contributed by atoms with Crippen LogP contribution in [0.4, 0.5) is 0 Å². The van der Waals surface area contributed by atoms with E-state index in [9.17, 15) is 0 Å². The maximum atomic E-state index is 4.63. The predicted molar refractivity (Wildman–Crippen MR) is 101 cm³/mol. The molecule has 0 saturated heterocycles. The van der Waals surface area contributed by atoms with Crippen LogP contribution < -0.4 is 5.32 Å². The van der Waals surface area contributed by atoms with E-state index in [1.807, 2.05) is 13.1 Å². The molecule has 0 aliphatic heterocycles. The monoisotopic (exact) mass is 413 g/mol. The van der Waals surface area contributed by atoms with Crippen LogP contribution in [0.25, 0.3) is 0 Å². The molecule has 0 fully saturated rings. The molecule has 6 heteroatoms. The lowest BCUT2D eigenvalue weighted by Crippen LogP contribution is -2.38. The van der Waals surface area contributed by atoms with E-state index in [4.69, 9.17) is 0 Å². The fourth-order valence-electron chi connectivity index (χ4n) is 2.04. The summed E-state index contributed by atoms with van der Waals surface area (Å²) in [5.41, 5.74) is 3.56. The van der Waals surface area contributed by atoms with Crippen LogP contribution in [-0.2, 0) is 13.1 Å². The average Bonchev–Trinajstić information content (AvgIpc) is 2.99. The normalized spacial score (nSPS) is 11.0. The molecule has 0 aliphatic carbocycles. The van der Waals surface area contributed by atoms with Gasteiger partial charge in [-0.05, 0) is 25.5 Å². The second kappa shape index (κ2) is 9.45. The molecule has 0 atom stereocenters. The van der Waals surface area contributed by atoms with Gasteiger partial charge in [0.15, 0.2) is 5.96 Å². The third-order valence-electron chi connectivity index (χ3n) is 3.19. The standard InChI is InChI=1S/C16H23N5.HI/c1-4-17-16(18-11-15-9-10-19-20-15)21(3)12-14-7-5-13(2)6-8-14;/h5-10H,4,11-12H2,1-3H3,(H,17,18)(H,19,20);1H. The summed E-state index contributed by atoms with van der Waals surface area (Å²) in [6.45, 7) is 6.45. The number of H-pyrrole nitrogens is 1. The Labute approximate surface area is 149 Å². The third kappa shape index (κ3) is 5.67. The highest BCUT2D eigenvalue weighted by molar-refractivity contribution is 14.0. The van der Waals surface area contributed by atoms with Crippen molar-refractivity contribution in [3.63, 3.8) is 0 Å². The number of benzene rings is 1. The van der Waals surface area contributed by atoms with Crippen molar-refractivity contribution in [2.24, 2.45) is 4.99 Å². The molecule has 1 heterocycles. The third-order valence-corrected chi connectivity index (χ3v) is 3.19. The summed E-state index contributed by atoms with van der Waals surface area (Å²) >= 11 is 0. The molecule has 0 saturated carbocycles. The van der Waals surface area contributed by atoms with E-state index in [0.717, 1.165) is 24.7 Å². The first-order valence-corrected chi connectivity index (χ1v) is 7.22. The molecule has 2 aromatic rings. The molecule has 0 spiro atoms. The highest BCUT2D eigenvalue weighted by atomic mass is 127. The maximum absolute atomic E-state index is 4.63. The Balaban J connectivity index is 0.00000242. The lowest BCUT2D eigenvalue weighted by molar-refractivity contribution is 0.476. The molecule has 2 rings (SSSR count). The second-order valence-electron chi connectivity index (χ2n) is 5.09. The van der Waals surface area contributed by atoms with Crippen LogP contribution in [0.1, 0.15) is 23.7 Å². The van der Waals surface area contributed by atoms with Crippen molar-refractivity contribution in [2.45, 2.75) is 26.9 Å². The number of hydrogen-bond donors (Lipinski definition) is 2. The summed E-state index contributed by atoms with van der Waals surface area (Å²) < 4.78 is 0. The van der Waals surface area contributed by atoms with Crippen molar-refractivity contribution in [1.82, 2.24) is 20.4 Å². The minimum atomic E-state index is 0. The quantitative estimate of drug-likeness (QED) is 0.450. The Hall–Kier alpha value is -1.57. The molecular formula is C16H24IN5. The van der Waals surface area contributed by atoms with Crippen LogP contribution in [0, 0.1) is 6.92 Å². The molecular weight excluding hydrogens is 389 g/mol. The number of aromatic nitrogens is 2. The van der Waals surface area contributed by atoms with Crippen molar-refractivity contribution >= 4 is 29.9 Å². The minimum absolute atomic E-state index is 0. The van der Waals surface area contributed by atoms with Crippen LogP contribution in [0.15, 0.2) is 41.5 Å². The first-order chi connectivity index (χ1) is 10.2. The van der Waals surface area contributed by atoms with Gasteiger partial charge in [0.1, 0.15) is 0 Å². The number of guanidine groups is 1. The second-order valence-corrected chi connectivity index (χ2v) is 5.09. The molecule has 1 aromatic heterocycles. The smallest absolute Gasteiger partial charge is 0.194 e. The van der Waals surface area contributed by atoms with E-state index in [2.05, 4.69) is 63.5 Å². The number of rotatable bonds is 5. The average molecular weight is 413 g/mol. The van der Waals surface area contributed by atoms with Crippen LogP contribution >= 0.6 is 24.0 Å². The van der Waals surface area contributed by atoms with Crippen molar-refractivity contribution in [1.29, 1.82) is 0 Å². The number of nitrogens with one attached hydrogen (secondary N) is 2. The lowest BCUT2D eigenvalue weighted by Gasteiger charge is -2.22. The summed E-state index contributed by atoms with van der Waals surface area (Å²) in [4.78, 5) is 6.76. The van der Waals surface area contributed by atoms with E-state index in [-0.39, 0.29) is 24.0 Å². The number of aliphatic imine (C=N–C) groups is 1. The van der Waals surface area contributed by atoms with E-state index in [1.54, 1.807) is 6.20 Å². The largest absolute Gasteiger partial charge is 0.357 e. The van der Waals surface area contributed by atoms with Gasteiger partial charge in [0.05, 0.1) is 12.2 Å². The Bertz CT molecular complexity index is 563. The van der Waals surface area contributed by atoms with Crippen molar-refractivity contribution in [2.75, 3.05) is 13.6 Å². The first kappa shape index (κ1) is 18.5. The summed E-state index contributed by atoms with van der Waals surface area (Å²) in [6.07, 6.45) is 1.74. The molecule has 5 nitrogen and oxygen atoms in total. The van der Waals surface area contributed by atoms with Crippen LogP contribution in [0.2, 0.25) is 0 Å². The number of hydrogen-bond acceptors (Lipinski definition) is 2. The zero-order valence-corrected chi connectivity index (χ0v) is 15.7. The first-order valence-electron chi connectivity index (χ1n) is 7.22. The van der Waals surface area contributed by atoms with Gasteiger partial charge in [-0.15, -0.1) is 24.0 Å².